The SMILES string of the molecule is COC(=O)C1=C(C(=O)OC)C2(C(Cc3ccc(CCO)cc3)Nc3ccccc3)C=CC1O2. The lowest BCUT2D eigenvalue weighted by Crippen LogP contribution is -2.49. The number of fused-ring (bicyclic) bond motifs is 2. The average Bonchev–Trinajstić information content (AvgIpc) is 3.43. The highest BCUT2D eigenvalue weighted by molar-refractivity contribution is 6.05. The van der Waals surface area contributed by atoms with Gasteiger partial charge in [0.2, 0.25) is 0 Å². The van der Waals surface area contributed by atoms with Gasteiger partial charge in [-0.2, -0.15) is 0 Å². The molecule has 2 heterocycles. The van der Waals surface area contributed by atoms with Crippen molar-refractivity contribution in [2.45, 2.75) is 30.6 Å². The fourth-order valence-corrected chi connectivity index (χ4v) is 4.49. The summed E-state index contributed by atoms with van der Waals surface area (Å²) in [7, 11) is 2.56. The first-order valence-corrected chi connectivity index (χ1v) is 10.8. The van der Waals surface area contributed by atoms with Gasteiger partial charge in [0, 0.05) is 12.3 Å². The number of rotatable bonds is 9. The fraction of sp³-hybridized carbons (Fsp3) is 0.308. The maximum Gasteiger partial charge on any atom is 0.337 e. The van der Waals surface area contributed by atoms with Crippen molar-refractivity contribution in [3.05, 3.63) is 89.0 Å². The van der Waals surface area contributed by atoms with Gasteiger partial charge in [0.05, 0.1) is 31.4 Å². The number of aliphatic hydroxyl groups is 1. The normalized spacial score (nSPS) is 21.7. The van der Waals surface area contributed by atoms with E-state index < -0.39 is 29.7 Å². The maximum absolute atomic E-state index is 12.9. The standard InChI is InChI=1S/C26H27NO6/c1-31-24(29)22-20-12-14-26(33-20,23(22)25(30)32-2)21(27-19-6-4-3-5-7-19)16-18-10-8-17(9-11-18)13-15-28/h3-12,14,20-21,27-28H,13,15-16H2,1-2H3. The number of ether oxygens (including phenoxy) is 3. The van der Waals surface area contributed by atoms with Crippen LogP contribution in [0.1, 0.15) is 11.1 Å². The van der Waals surface area contributed by atoms with Crippen molar-refractivity contribution in [3.8, 4) is 0 Å². The molecule has 2 aliphatic heterocycles. The van der Waals surface area contributed by atoms with E-state index in [1.54, 1.807) is 6.08 Å². The molecule has 2 N–H and O–H groups in total. The van der Waals surface area contributed by atoms with E-state index in [0.29, 0.717) is 12.8 Å². The largest absolute Gasteiger partial charge is 0.466 e. The van der Waals surface area contributed by atoms with Crippen LogP contribution < -0.4 is 5.32 Å². The van der Waals surface area contributed by atoms with Crippen molar-refractivity contribution in [1.82, 2.24) is 0 Å². The zero-order chi connectivity index (χ0) is 23.4. The van der Waals surface area contributed by atoms with Crippen molar-refractivity contribution >= 4 is 17.6 Å². The molecule has 3 atom stereocenters. The van der Waals surface area contributed by atoms with Crippen molar-refractivity contribution < 1.29 is 28.9 Å². The van der Waals surface area contributed by atoms with Crippen LogP contribution in [-0.2, 0) is 36.6 Å². The van der Waals surface area contributed by atoms with E-state index in [1.165, 1.54) is 14.2 Å². The lowest BCUT2D eigenvalue weighted by atomic mass is 9.79. The number of carbonyl (C=O) groups excluding carboxylic acids is 2. The Morgan fingerprint density at radius 3 is 2.33 bits per heavy atom. The molecule has 4 rings (SSSR count). The third-order valence-corrected chi connectivity index (χ3v) is 6.08. The highest BCUT2D eigenvalue weighted by atomic mass is 16.6. The number of benzene rings is 2. The second-order valence-electron chi connectivity index (χ2n) is 8.02. The zero-order valence-corrected chi connectivity index (χ0v) is 18.6. The molecule has 0 spiro atoms. The fourth-order valence-electron chi connectivity index (χ4n) is 4.49. The molecule has 2 aromatic carbocycles. The molecular weight excluding hydrogens is 422 g/mol. The summed E-state index contributed by atoms with van der Waals surface area (Å²) in [6.45, 7) is 0.0876. The van der Waals surface area contributed by atoms with Gasteiger partial charge in [0.1, 0.15) is 11.7 Å². The Hall–Kier alpha value is -3.42. The first kappa shape index (κ1) is 22.8. The summed E-state index contributed by atoms with van der Waals surface area (Å²) in [6.07, 6.45) is 4.01. The van der Waals surface area contributed by atoms with Gasteiger partial charge >= 0.3 is 11.9 Å². The van der Waals surface area contributed by atoms with Crippen LogP contribution in [0.4, 0.5) is 5.69 Å². The van der Waals surface area contributed by atoms with Gasteiger partial charge in [-0.3, -0.25) is 0 Å². The molecule has 3 unspecified atom stereocenters. The number of nitrogens with one attached hydrogen (secondary N) is 1. The lowest BCUT2D eigenvalue weighted by Gasteiger charge is -2.36. The van der Waals surface area contributed by atoms with Crippen molar-refractivity contribution in [1.29, 1.82) is 0 Å². The lowest BCUT2D eigenvalue weighted by molar-refractivity contribution is -0.139. The molecule has 2 bridgehead atoms. The van der Waals surface area contributed by atoms with Crippen LogP contribution in [0.5, 0.6) is 0 Å². The Morgan fingerprint density at radius 2 is 1.70 bits per heavy atom. The van der Waals surface area contributed by atoms with E-state index in [9.17, 15) is 14.7 Å². The molecule has 7 nitrogen and oxygen atoms in total. The van der Waals surface area contributed by atoms with E-state index in [-0.39, 0.29) is 17.8 Å². The van der Waals surface area contributed by atoms with Gasteiger partial charge in [0.15, 0.2) is 0 Å². The predicted octanol–water partition coefficient (Wildman–Crippen LogP) is 2.59. The summed E-state index contributed by atoms with van der Waals surface area (Å²) in [4.78, 5) is 25.5. The first-order valence-electron chi connectivity index (χ1n) is 10.8. The van der Waals surface area contributed by atoms with Gasteiger partial charge in [-0.1, -0.05) is 48.5 Å². The molecule has 0 aliphatic carbocycles. The van der Waals surface area contributed by atoms with Gasteiger partial charge < -0.3 is 24.6 Å². The quantitative estimate of drug-likeness (QED) is 0.449. The second-order valence-corrected chi connectivity index (χ2v) is 8.02. The first-order chi connectivity index (χ1) is 16.0. The Morgan fingerprint density at radius 1 is 1.03 bits per heavy atom. The average molecular weight is 450 g/mol. The summed E-state index contributed by atoms with van der Waals surface area (Å²) >= 11 is 0. The van der Waals surface area contributed by atoms with Crippen molar-refractivity contribution in [3.63, 3.8) is 0 Å². The monoisotopic (exact) mass is 449 g/mol. The minimum atomic E-state index is -1.21. The number of carbonyl (C=O) groups is 2. The summed E-state index contributed by atoms with van der Waals surface area (Å²) in [5.41, 5.74) is 2.02. The van der Waals surface area contributed by atoms with Crippen LogP contribution in [0, 0.1) is 0 Å². The van der Waals surface area contributed by atoms with Crippen LogP contribution in [-0.4, -0.2) is 55.6 Å². The third kappa shape index (κ3) is 4.29. The summed E-state index contributed by atoms with van der Waals surface area (Å²) in [5.74, 6) is -1.24. The summed E-state index contributed by atoms with van der Waals surface area (Å²) in [5, 5.41) is 12.7. The van der Waals surface area contributed by atoms with E-state index in [1.807, 2.05) is 60.7 Å². The van der Waals surface area contributed by atoms with Gasteiger partial charge in [0.25, 0.3) is 0 Å². The van der Waals surface area contributed by atoms with Gasteiger partial charge in [-0.25, -0.2) is 9.59 Å². The molecule has 0 amide bonds. The number of para-hydroxylation sites is 1. The van der Waals surface area contributed by atoms with E-state index in [0.717, 1.165) is 16.8 Å². The molecule has 0 fully saturated rings. The van der Waals surface area contributed by atoms with Crippen LogP contribution in [0.15, 0.2) is 77.9 Å². The van der Waals surface area contributed by atoms with Gasteiger partial charge in [-0.05, 0) is 42.2 Å². The number of hydrogen-bond donors (Lipinski definition) is 2. The van der Waals surface area contributed by atoms with Crippen molar-refractivity contribution in [2.24, 2.45) is 0 Å². The van der Waals surface area contributed by atoms with Gasteiger partial charge in [-0.15, -0.1) is 0 Å². The summed E-state index contributed by atoms with van der Waals surface area (Å²) in [6, 6.07) is 17.1. The molecule has 2 aromatic rings. The molecule has 0 radical (unpaired) electrons. The second kappa shape index (κ2) is 9.60. The topological polar surface area (TPSA) is 94.1 Å². The molecule has 0 saturated heterocycles. The zero-order valence-electron chi connectivity index (χ0n) is 18.6. The number of aliphatic hydroxyl groups excluding tert-OH is 1. The summed E-state index contributed by atoms with van der Waals surface area (Å²) < 4.78 is 16.3. The number of anilines is 1. The Bertz CT molecular complexity index is 1080. The highest BCUT2D eigenvalue weighted by Crippen LogP contribution is 2.47. The van der Waals surface area contributed by atoms with Crippen LogP contribution in [0.3, 0.4) is 0 Å². The Labute approximate surface area is 192 Å². The van der Waals surface area contributed by atoms with Crippen LogP contribution in [0.2, 0.25) is 0 Å². The number of methoxy groups -OCH3 is 2. The van der Waals surface area contributed by atoms with E-state index >= 15 is 0 Å². The maximum atomic E-state index is 12.9. The van der Waals surface area contributed by atoms with E-state index in [4.69, 9.17) is 14.2 Å². The Kier molecular flexibility index (Phi) is 6.62. The molecule has 7 heteroatoms. The predicted molar refractivity (Wildman–Crippen MR) is 123 cm³/mol. The minimum absolute atomic E-state index is 0.0876. The molecule has 0 aromatic heterocycles. The molecule has 2 aliphatic rings. The highest BCUT2D eigenvalue weighted by Gasteiger charge is 2.58. The van der Waals surface area contributed by atoms with Crippen LogP contribution >= 0.6 is 0 Å². The minimum Gasteiger partial charge on any atom is -0.466 e. The third-order valence-electron chi connectivity index (χ3n) is 6.08. The van der Waals surface area contributed by atoms with E-state index in [2.05, 4.69) is 5.32 Å². The molecule has 172 valence electrons. The molecular formula is C26H27NO6. The van der Waals surface area contributed by atoms with Crippen LogP contribution in [0.25, 0.3) is 0 Å². The molecule has 33 heavy (non-hydrogen) atoms. The Balaban J connectivity index is 1.76. The number of hydrogen-bond acceptors (Lipinski definition) is 7. The van der Waals surface area contributed by atoms with Crippen molar-refractivity contribution in [2.75, 3.05) is 26.1 Å². The smallest absolute Gasteiger partial charge is 0.337 e. The number of esters is 2. The molecule has 0 saturated carbocycles.